The molecule has 1 aliphatic rings. The molecule has 1 amide bonds. The number of nitrogens with zero attached hydrogens (tertiary/aromatic N) is 4. The molecule has 0 radical (unpaired) electrons. The van der Waals surface area contributed by atoms with Crippen LogP contribution in [0.15, 0.2) is 127 Å². The number of amidine groups is 1. The fourth-order valence-corrected chi connectivity index (χ4v) is 6.61. The van der Waals surface area contributed by atoms with Gasteiger partial charge in [-0.15, -0.1) is 0 Å². The van der Waals surface area contributed by atoms with E-state index in [-0.39, 0.29) is 11.6 Å². The zero-order chi connectivity index (χ0) is 29.9. The molecule has 3 aromatic carbocycles. The van der Waals surface area contributed by atoms with Crippen LogP contribution < -0.4 is 0 Å². The number of aliphatic imine (C=N–C) groups is 1. The summed E-state index contributed by atoms with van der Waals surface area (Å²) in [6.07, 6.45) is 3.54. The van der Waals surface area contributed by atoms with E-state index in [1.807, 2.05) is 74.5 Å². The normalized spacial score (nSPS) is 15.1. The van der Waals surface area contributed by atoms with Crippen LogP contribution in [0.3, 0.4) is 0 Å². The molecule has 214 valence electrons. The minimum Gasteiger partial charge on any atom is -0.467 e. The summed E-state index contributed by atoms with van der Waals surface area (Å²) in [5.41, 5.74) is 4.87. The lowest BCUT2D eigenvalue weighted by atomic mass is 10.2. The van der Waals surface area contributed by atoms with Crippen LogP contribution >= 0.6 is 23.5 Å². The van der Waals surface area contributed by atoms with E-state index in [0.29, 0.717) is 22.4 Å². The Bertz CT molecular complexity index is 1840. The standard InChI is InChI=1S/C33H26N4O4S2/c1-22-19-24(23(2)36(22)26-10-14-29(15-11-26)42-30-16-12-27(13-17-30)37(39)40)20-31-32(38)35(21-28-9-6-18-41-28)33(43-31)34-25-7-4-3-5-8-25/h3-20H,21H2,1-2H3. The number of non-ortho nitro benzene ring substituents is 1. The molecule has 5 aromatic rings. The Balaban J connectivity index is 1.25. The molecule has 2 aromatic heterocycles. The maximum absolute atomic E-state index is 13.6. The van der Waals surface area contributed by atoms with Crippen LogP contribution in [0.5, 0.6) is 0 Å². The van der Waals surface area contributed by atoms with Crippen molar-refractivity contribution >= 4 is 52.0 Å². The van der Waals surface area contributed by atoms with E-state index in [2.05, 4.69) is 22.8 Å². The maximum Gasteiger partial charge on any atom is 0.269 e. The fourth-order valence-electron chi connectivity index (χ4n) is 4.81. The maximum atomic E-state index is 13.6. The molecule has 8 nitrogen and oxygen atoms in total. The highest BCUT2D eigenvalue weighted by Crippen LogP contribution is 2.37. The van der Waals surface area contributed by atoms with Gasteiger partial charge in [0.25, 0.3) is 11.6 Å². The van der Waals surface area contributed by atoms with Gasteiger partial charge in [0.1, 0.15) is 5.76 Å². The number of aryl methyl sites for hydroxylation is 1. The molecule has 0 spiro atoms. The summed E-state index contributed by atoms with van der Waals surface area (Å²) < 4.78 is 7.69. The molecule has 0 atom stereocenters. The van der Waals surface area contributed by atoms with Crippen LogP contribution in [-0.4, -0.2) is 25.5 Å². The van der Waals surface area contributed by atoms with E-state index in [1.165, 1.54) is 23.9 Å². The summed E-state index contributed by atoms with van der Waals surface area (Å²) in [5, 5.41) is 11.5. The van der Waals surface area contributed by atoms with Gasteiger partial charge in [-0.2, -0.15) is 0 Å². The molecule has 0 aliphatic carbocycles. The largest absolute Gasteiger partial charge is 0.467 e. The number of benzene rings is 3. The molecular formula is C33H26N4O4S2. The zero-order valence-corrected chi connectivity index (χ0v) is 25.0. The van der Waals surface area contributed by atoms with Gasteiger partial charge in [-0.25, -0.2) is 4.99 Å². The van der Waals surface area contributed by atoms with Crippen molar-refractivity contribution in [2.24, 2.45) is 4.99 Å². The van der Waals surface area contributed by atoms with Crippen molar-refractivity contribution in [3.8, 4) is 5.69 Å². The van der Waals surface area contributed by atoms with Crippen molar-refractivity contribution in [1.82, 2.24) is 9.47 Å². The number of carbonyl (C=O) groups is 1. The Morgan fingerprint density at radius 1 is 0.953 bits per heavy atom. The third-order valence-electron chi connectivity index (χ3n) is 6.90. The SMILES string of the molecule is Cc1cc(C=C2SC(=Nc3ccccc3)N(Cc3ccco3)C2=O)c(C)n1-c1ccc(Sc2ccc([N+](=O)[O-])cc2)cc1. The molecule has 10 heteroatoms. The van der Waals surface area contributed by atoms with Crippen molar-refractivity contribution in [1.29, 1.82) is 0 Å². The molecule has 1 saturated heterocycles. The number of thioether (sulfide) groups is 1. The van der Waals surface area contributed by atoms with Gasteiger partial charge in [0.2, 0.25) is 0 Å². The molecule has 3 heterocycles. The van der Waals surface area contributed by atoms with Crippen molar-refractivity contribution in [2.75, 3.05) is 0 Å². The molecule has 6 rings (SSSR count). The minimum atomic E-state index is -0.398. The van der Waals surface area contributed by atoms with Gasteiger partial charge in [0, 0.05) is 39.0 Å². The molecule has 1 fully saturated rings. The van der Waals surface area contributed by atoms with E-state index >= 15 is 0 Å². The second-order valence-electron chi connectivity index (χ2n) is 9.82. The van der Waals surface area contributed by atoms with Crippen LogP contribution in [0.4, 0.5) is 11.4 Å². The van der Waals surface area contributed by atoms with Gasteiger partial charge in [0.15, 0.2) is 5.17 Å². The van der Waals surface area contributed by atoms with Crippen molar-refractivity contribution in [3.63, 3.8) is 0 Å². The molecular weight excluding hydrogens is 581 g/mol. The number of hydrogen-bond acceptors (Lipinski definition) is 7. The van der Waals surface area contributed by atoms with Crippen molar-refractivity contribution < 1.29 is 14.1 Å². The smallest absolute Gasteiger partial charge is 0.269 e. The summed E-state index contributed by atoms with van der Waals surface area (Å²) in [7, 11) is 0. The monoisotopic (exact) mass is 606 g/mol. The third kappa shape index (κ3) is 6.20. The molecule has 43 heavy (non-hydrogen) atoms. The lowest BCUT2D eigenvalue weighted by Gasteiger charge is -2.13. The van der Waals surface area contributed by atoms with Gasteiger partial charge in [-0.05, 0) is 104 Å². The second-order valence-corrected chi connectivity index (χ2v) is 12.0. The Morgan fingerprint density at radius 3 is 2.30 bits per heavy atom. The first-order chi connectivity index (χ1) is 20.9. The topological polar surface area (TPSA) is 93.9 Å². The number of carbonyl (C=O) groups excluding carboxylic acids is 1. The molecule has 1 aliphatic heterocycles. The van der Waals surface area contributed by atoms with E-state index in [0.717, 1.165) is 38.1 Å². The van der Waals surface area contributed by atoms with Gasteiger partial charge in [-0.3, -0.25) is 19.8 Å². The summed E-state index contributed by atoms with van der Waals surface area (Å²) in [4.78, 5) is 33.1. The summed E-state index contributed by atoms with van der Waals surface area (Å²) in [6.45, 7) is 4.39. The number of furan rings is 1. The Morgan fingerprint density at radius 2 is 1.65 bits per heavy atom. The number of nitro benzene ring substituents is 1. The zero-order valence-electron chi connectivity index (χ0n) is 23.3. The number of amides is 1. The average Bonchev–Trinajstić information content (AvgIpc) is 3.70. The Hall–Kier alpha value is -4.80. The van der Waals surface area contributed by atoms with Crippen LogP contribution in [0.25, 0.3) is 11.8 Å². The number of rotatable bonds is 8. The van der Waals surface area contributed by atoms with Crippen LogP contribution in [0.1, 0.15) is 22.7 Å². The number of hydrogen-bond donors (Lipinski definition) is 0. The van der Waals surface area contributed by atoms with E-state index in [1.54, 1.807) is 35.1 Å². The number of nitro groups is 1. The number of para-hydroxylation sites is 1. The lowest BCUT2D eigenvalue weighted by Crippen LogP contribution is -2.28. The minimum absolute atomic E-state index is 0.0756. The van der Waals surface area contributed by atoms with Crippen molar-refractivity contribution in [2.45, 2.75) is 30.2 Å². The predicted octanol–water partition coefficient (Wildman–Crippen LogP) is 8.55. The van der Waals surface area contributed by atoms with Crippen LogP contribution in [0, 0.1) is 24.0 Å². The van der Waals surface area contributed by atoms with Gasteiger partial charge < -0.3 is 8.98 Å². The average molecular weight is 607 g/mol. The molecule has 0 N–H and O–H groups in total. The Kier molecular flexibility index (Phi) is 8.04. The third-order valence-corrected chi connectivity index (χ3v) is 8.92. The first-order valence-electron chi connectivity index (χ1n) is 13.4. The number of aromatic nitrogens is 1. The van der Waals surface area contributed by atoms with Crippen LogP contribution in [0.2, 0.25) is 0 Å². The lowest BCUT2D eigenvalue weighted by molar-refractivity contribution is -0.384. The molecule has 0 bridgehead atoms. The van der Waals surface area contributed by atoms with E-state index < -0.39 is 4.92 Å². The first kappa shape index (κ1) is 28.3. The summed E-state index contributed by atoms with van der Waals surface area (Å²) in [6, 6.07) is 30.0. The van der Waals surface area contributed by atoms with Crippen LogP contribution in [-0.2, 0) is 11.3 Å². The van der Waals surface area contributed by atoms with Gasteiger partial charge in [-0.1, -0.05) is 30.0 Å². The summed E-state index contributed by atoms with van der Waals surface area (Å²) >= 11 is 2.90. The van der Waals surface area contributed by atoms with E-state index in [9.17, 15) is 14.9 Å². The van der Waals surface area contributed by atoms with Gasteiger partial charge in [0.05, 0.1) is 28.3 Å². The highest BCUT2D eigenvalue weighted by atomic mass is 32.2. The van der Waals surface area contributed by atoms with E-state index in [4.69, 9.17) is 9.41 Å². The quantitative estimate of drug-likeness (QED) is 0.0998. The highest BCUT2D eigenvalue weighted by molar-refractivity contribution is 8.18. The molecule has 0 unspecified atom stereocenters. The second kappa shape index (κ2) is 12.2. The van der Waals surface area contributed by atoms with Gasteiger partial charge >= 0.3 is 0 Å². The van der Waals surface area contributed by atoms with Crippen molar-refractivity contribution in [3.05, 3.63) is 141 Å². The highest BCUT2D eigenvalue weighted by Gasteiger charge is 2.34. The first-order valence-corrected chi connectivity index (χ1v) is 15.1. The molecule has 0 saturated carbocycles. The fraction of sp³-hybridized carbons (Fsp3) is 0.0909. The Labute approximate surface area is 256 Å². The predicted molar refractivity (Wildman–Crippen MR) is 171 cm³/mol. The summed E-state index contributed by atoms with van der Waals surface area (Å²) in [5.74, 6) is 0.567.